The van der Waals surface area contributed by atoms with Gasteiger partial charge < -0.3 is 19.5 Å². The van der Waals surface area contributed by atoms with Gasteiger partial charge in [-0.2, -0.15) is 0 Å². The van der Waals surface area contributed by atoms with Gasteiger partial charge in [-0.3, -0.25) is 0 Å². The highest BCUT2D eigenvalue weighted by Gasteiger charge is 2.34. The van der Waals surface area contributed by atoms with E-state index in [-0.39, 0.29) is 11.8 Å². The Balaban J connectivity index is 1.67. The molecule has 7 heteroatoms. The lowest BCUT2D eigenvalue weighted by Gasteiger charge is -2.31. The van der Waals surface area contributed by atoms with Crippen LogP contribution in [0.25, 0.3) is 5.82 Å². The van der Waals surface area contributed by atoms with E-state index >= 15 is 0 Å². The van der Waals surface area contributed by atoms with Crippen molar-refractivity contribution in [3.63, 3.8) is 0 Å². The molecule has 1 aliphatic heterocycles. The number of anilines is 1. The van der Waals surface area contributed by atoms with Gasteiger partial charge in [-0.15, -0.1) is 0 Å². The van der Waals surface area contributed by atoms with E-state index in [1.165, 1.54) is 12.1 Å². The van der Waals surface area contributed by atoms with Crippen LogP contribution in [-0.4, -0.2) is 27.6 Å². The molecule has 0 unspecified atom stereocenters. The fraction of sp³-hybridized carbons (Fsp3) is 0.185. The van der Waals surface area contributed by atoms with Gasteiger partial charge in [0.2, 0.25) is 0 Å². The molecule has 4 aromatic rings. The van der Waals surface area contributed by atoms with E-state index in [0.29, 0.717) is 18.0 Å². The van der Waals surface area contributed by atoms with Crippen LogP contribution < -0.4 is 10.1 Å². The van der Waals surface area contributed by atoms with Crippen molar-refractivity contribution in [1.29, 1.82) is 0 Å². The number of fused-ring (bicyclic) bond motifs is 3. The summed E-state index contributed by atoms with van der Waals surface area (Å²) in [6, 6.07) is 18.8. The summed E-state index contributed by atoms with van der Waals surface area (Å²) in [5, 5.41) is 3.01. The number of rotatable bonds is 3. The number of carbonyl (C=O) groups excluding carboxylic acids is 1. The van der Waals surface area contributed by atoms with Gasteiger partial charge in [-0.25, -0.2) is 14.2 Å². The number of urea groups is 1. The Morgan fingerprint density at radius 1 is 1.09 bits per heavy atom. The summed E-state index contributed by atoms with van der Waals surface area (Å²) in [5.74, 6) is 1.05. The van der Waals surface area contributed by atoms with Crippen LogP contribution in [0.5, 0.6) is 5.75 Å². The Bertz CT molecular complexity index is 1360. The maximum atomic E-state index is 13.8. The van der Waals surface area contributed by atoms with Gasteiger partial charge in [0.15, 0.2) is 0 Å². The molecule has 3 heterocycles. The molecule has 1 N–H and O–H groups in total. The minimum absolute atomic E-state index is 0.292. The second-order valence-corrected chi connectivity index (χ2v) is 8.40. The quantitative estimate of drug-likeness (QED) is 0.426. The third-order valence-electron chi connectivity index (χ3n) is 6.18. The topological polar surface area (TPSA) is 59.4 Å². The lowest BCUT2D eigenvalue weighted by molar-refractivity contribution is 0.194. The Kier molecular flexibility index (Phi) is 5.53. The summed E-state index contributed by atoms with van der Waals surface area (Å²) in [5.41, 5.74) is 5.17. The van der Waals surface area contributed by atoms with Crippen LogP contribution in [0.15, 0.2) is 72.9 Å². The maximum absolute atomic E-state index is 13.8. The zero-order valence-electron chi connectivity index (χ0n) is 19.2. The normalized spacial score (nSPS) is 14.7. The van der Waals surface area contributed by atoms with E-state index in [0.717, 1.165) is 33.9 Å². The minimum atomic E-state index is -0.459. The molecular weight excluding hydrogens is 431 g/mol. The summed E-state index contributed by atoms with van der Waals surface area (Å²) in [6.45, 7) is 4.33. The van der Waals surface area contributed by atoms with Crippen molar-refractivity contribution in [2.24, 2.45) is 0 Å². The van der Waals surface area contributed by atoms with Gasteiger partial charge >= 0.3 is 6.03 Å². The molecule has 0 bridgehead atoms. The minimum Gasteiger partial charge on any atom is -0.495 e. The lowest BCUT2D eigenvalue weighted by atomic mass is 10.0. The summed E-state index contributed by atoms with van der Waals surface area (Å²) in [4.78, 5) is 20.4. The van der Waals surface area contributed by atoms with Crippen molar-refractivity contribution in [3.05, 3.63) is 107 Å². The molecule has 2 aromatic heterocycles. The van der Waals surface area contributed by atoms with Crippen molar-refractivity contribution in [3.8, 4) is 11.6 Å². The molecule has 0 saturated heterocycles. The molecule has 2 amide bonds. The van der Waals surface area contributed by atoms with Crippen molar-refractivity contribution in [1.82, 2.24) is 14.5 Å². The first-order valence-electron chi connectivity index (χ1n) is 11.1. The van der Waals surface area contributed by atoms with E-state index < -0.39 is 6.04 Å². The van der Waals surface area contributed by atoms with E-state index in [1.807, 2.05) is 54.9 Å². The number of hydrogen-bond acceptors (Lipinski definition) is 3. The summed E-state index contributed by atoms with van der Waals surface area (Å²) >= 11 is 0. The SMILES string of the molecule is COc1ccccc1NC(=O)N1Cc2c(C)cc(C)nc2-n2cccc2[C@H]1c1ccc(F)cc1. The Labute approximate surface area is 197 Å². The molecule has 0 saturated carbocycles. The van der Waals surface area contributed by atoms with Gasteiger partial charge in [0.1, 0.15) is 17.4 Å². The first-order valence-corrected chi connectivity index (χ1v) is 11.1. The Morgan fingerprint density at radius 3 is 2.62 bits per heavy atom. The first-order chi connectivity index (χ1) is 16.5. The van der Waals surface area contributed by atoms with E-state index in [4.69, 9.17) is 9.72 Å². The van der Waals surface area contributed by atoms with Crippen molar-refractivity contribution < 1.29 is 13.9 Å². The van der Waals surface area contributed by atoms with Gasteiger partial charge in [-0.1, -0.05) is 24.3 Å². The largest absolute Gasteiger partial charge is 0.495 e. The number of amides is 2. The molecule has 34 heavy (non-hydrogen) atoms. The summed E-state index contributed by atoms with van der Waals surface area (Å²) in [6.07, 6.45) is 1.96. The van der Waals surface area contributed by atoms with Gasteiger partial charge in [0.05, 0.1) is 31.1 Å². The highest BCUT2D eigenvalue weighted by molar-refractivity contribution is 5.91. The van der Waals surface area contributed by atoms with Crippen molar-refractivity contribution in [2.45, 2.75) is 26.4 Å². The highest BCUT2D eigenvalue weighted by atomic mass is 19.1. The second-order valence-electron chi connectivity index (χ2n) is 8.40. The highest BCUT2D eigenvalue weighted by Crippen LogP contribution is 2.38. The molecule has 0 aliphatic carbocycles. The average molecular weight is 457 g/mol. The molecule has 0 fully saturated rings. The molecule has 0 radical (unpaired) electrons. The van der Waals surface area contributed by atoms with Crippen LogP contribution in [0.2, 0.25) is 0 Å². The number of carbonyl (C=O) groups is 1. The third kappa shape index (κ3) is 3.79. The van der Waals surface area contributed by atoms with E-state index in [9.17, 15) is 9.18 Å². The van der Waals surface area contributed by atoms with Crippen LogP contribution >= 0.6 is 0 Å². The molecule has 172 valence electrons. The van der Waals surface area contributed by atoms with Gasteiger partial charge in [0, 0.05) is 17.5 Å². The van der Waals surface area contributed by atoms with E-state index in [2.05, 4.69) is 5.32 Å². The summed E-state index contributed by atoms with van der Waals surface area (Å²) < 4.78 is 21.2. The number of methoxy groups -OCH3 is 1. The molecule has 2 aromatic carbocycles. The monoisotopic (exact) mass is 456 g/mol. The maximum Gasteiger partial charge on any atom is 0.323 e. The molecular formula is C27H25FN4O2. The fourth-order valence-corrected chi connectivity index (χ4v) is 4.59. The number of aryl methyl sites for hydroxylation is 2. The van der Waals surface area contributed by atoms with Gasteiger partial charge in [-0.05, 0) is 67.4 Å². The smallest absolute Gasteiger partial charge is 0.323 e. The number of halogens is 1. The second kappa shape index (κ2) is 8.67. The predicted molar refractivity (Wildman–Crippen MR) is 129 cm³/mol. The number of para-hydroxylation sites is 2. The number of benzene rings is 2. The molecule has 5 rings (SSSR count). The molecule has 1 aliphatic rings. The molecule has 0 spiro atoms. The van der Waals surface area contributed by atoms with Crippen molar-refractivity contribution >= 4 is 11.7 Å². The Hall–Kier alpha value is -4.13. The van der Waals surface area contributed by atoms with Gasteiger partial charge in [0.25, 0.3) is 0 Å². The molecule has 1 atom stereocenters. The van der Waals surface area contributed by atoms with Crippen LogP contribution in [0.1, 0.15) is 34.1 Å². The number of nitrogens with zero attached hydrogens (tertiary/aromatic N) is 3. The van der Waals surface area contributed by atoms with Crippen LogP contribution in [-0.2, 0) is 6.54 Å². The fourth-order valence-electron chi connectivity index (χ4n) is 4.59. The van der Waals surface area contributed by atoms with E-state index in [1.54, 1.807) is 36.3 Å². The van der Waals surface area contributed by atoms with Crippen LogP contribution in [0.4, 0.5) is 14.9 Å². The number of nitrogens with one attached hydrogen (secondary N) is 1. The number of pyridine rings is 1. The van der Waals surface area contributed by atoms with Crippen molar-refractivity contribution in [2.75, 3.05) is 12.4 Å². The third-order valence-corrected chi connectivity index (χ3v) is 6.18. The number of ether oxygens (including phenoxy) is 1. The van der Waals surface area contributed by atoms with Crippen LogP contribution in [0.3, 0.4) is 0 Å². The number of hydrogen-bond donors (Lipinski definition) is 1. The zero-order chi connectivity index (χ0) is 23.8. The average Bonchev–Trinajstić information content (AvgIpc) is 3.25. The summed E-state index contributed by atoms with van der Waals surface area (Å²) in [7, 11) is 1.57. The lowest BCUT2D eigenvalue weighted by Crippen LogP contribution is -2.38. The first kappa shape index (κ1) is 21.7. The predicted octanol–water partition coefficient (Wildman–Crippen LogP) is 5.77. The zero-order valence-corrected chi connectivity index (χ0v) is 19.2. The van der Waals surface area contributed by atoms with Crippen LogP contribution in [0, 0.1) is 19.7 Å². The Morgan fingerprint density at radius 2 is 1.85 bits per heavy atom. The standard InChI is InChI=1S/C27H25FN4O2/c1-17-15-18(2)29-26-21(17)16-32(27(33)30-22-7-4-5-9-24(22)34-3)25(23-8-6-14-31(23)26)19-10-12-20(28)13-11-19/h4-15,25H,16H2,1-3H3,(H,30,33)/t25-/m1/s1. The number of aromatic nitrogens is 2. The molecule has 6 nitrogen and oxygen atoms in total.